The number of fused-ring (bicyclic) bond motifs is 1. The minimum atomic E-state index is -0.628. The van der Waals surface area contributed by atoms with Gasteiger partial charge in [-0.1, -0.05) is 13.8 Å². The van der Waals surface area contributed by atoms with Gasteiger partial charge in [-0.2, -0.15) is 4.39 Å². The van der Waals surface area contributed by atoms with E-state index in [1.165, 1.54) is 17.8 Å². The highest BCUT2D eigenvalue weighted by Crippen LogP contribution is 2.32. The summed E-state index contributed by atoms with van der Waals surface area (Å²) in [7, 11) is 1.79. The fourth-order valence-electron chi connectivity index (χ4n) is 2.28. The molecule has 0 aliphatic carbocycles. The van der Waals surface area contributed by atoms with Crippen LogP contribution in [-0.4, -0.2) is 24.8 Å². The fourth-order valence-corrected chi connectivity index (χ4v) is 3.07. The van der Waals surface area contributed by atoms with Crippen LogP contribution in [0.1, 0.15) is 13.8 Å². The average molecular weight is 335 g/mol. The number of nitrogens with two attached hydrogens (primary N) is 1. The Labute approximate surface area is 136 Å². The van der Waals surface area contributed by atoms with Crippen molar-refractivity contribution in [1.82, 2.24) is 19.5 Å². The van der Waals surface area contributed by atoms with Crippen LogP contribution in [0.15, 0.2) is 23.5 Å². The molecule has 0 bridgehead atoms. The minimum absolute atomic E-state index is 0.137. The first kappa shape index (κ1) is 15.7. The van der Waals surface area contributed by atoms with Crippen molar-refractivity contribution in [1.29, 1.82) is 0 Å². The SMILES string of the molecule is CC(C)Sc1nc(-c2cn(C)c3ncc(F)cc23)nc(N)c1F. The monoisotopic (exact) mass is 335 g/mol. The molecule has 8 heteroatoms. The highest BCUT2D eigenvalue weighted by atomic mass is 32.2. The molecular formula is C15H15F2N5S. The molecule has 0 saturated heterocycles. The number of nitrogens with zero attached hydrogens (tertiary/aromatic N) is 4. The Bertz CT molecular complexity index is 891. The van der Waals surface area contributed by atoms with E-state index >= 15 is 0 Å². The van der Waals surface area contributed by atoms with Crippen LogP contribution in [0.3, 0.4) is 0 Å². The van der Waals surface area contributed by atoms with Gasteiger partial charge in [0.25, 0.3) is 0 Å². The van der Waals surface area contributed by atoms with Gasteiger partial charge in [0.05, 0.1) is 6.20 Å². The van der Waals surface area contributed by atoms with Crippen LogP contribution >= 0.6 is 11.8 Å². The number of pyridine rings is 1. The third kappa shape index (κ3) is 2.86. The Hall–Kier alpha value is -2.22. The molecule has 3 heterocycles. The normalized spacial score (nSPS) is 11.6. The number of hydrogen-bond acceptors (Lipinski definition) is 5. The summed E-state index contributed by atoms with van der Waals surface area (Å²) in [5, 5.41) is 0.876. The molecule has 120 valence electrons. The smallest absolute Gasteiger partial charge is 0.197 e. The predicted octanol–water partition coefficient (Wildman–Crippen LogP) is 3.39. The first-order valence-corrected chi connectivity index (χ1v) is 7.85. The lowest BCUT2D eigenvalue weighted by molar-refractivity contribution is 0.586. The lowest BCUT2D eigenvalue weighted by Gasteiger charge is -2.08. The topological polar surface area (TPSA) is 69.6 Å². The van der Waals surface area contributed by atoms with E-state index in [1.54, 1.807) is 17.8 Å². The Morgan fingerprint density at radius 2 is 2.00 bits per heavy atom. The van der Waals surface area contributed by atoms with Crippen molar-refractivity contribution in [3.63, 3.8) is 0 Å². The van der Waals surface area contributed by atoms with Crippen LogP contribution in [-0.2, 0) is 7.05 Å². The van der Waals surface area contributed by atoms with Crippen molar-refractivity contribution in [2.45, 2.75) is 24.1 Å². The van der Waals surface area contributed by atoms with Gasteiger partial charge in [0.15, 0.2) is 17.5 Å². The average Bonchev–Trinajstić information content (AvgIpc) is 2.79. The van der Waals surface area contributed by atoms with Gasteiger partial charge in [0.2, 0.25) is 0 Å². The third-order valence-electron chi connectivity index (χ3n) is 3.21. The maximum Gasteiger partial charge on any atom is 0.197 e. The molecule has 23 heavy (non-hydrogen) atoms. The number of aromatic nitrogens is 4. The number of aryl methyl sites for hydroxylation is 1. The van der Waals surface area contributed by atoms with E-state index in [2.05, 4.69) is 15.0 Å². The van der Waals surface area contributed by atoms with Gasteiger partial charge in [-0.05, 0) is 6.07 Å². The Balaban J connectivity index is 2.23. The molecule has 5 nitrogen and oxygen atoms in total. The summed E-state index contributed by atoms with van der Waals surface area (Å²) < 4.78 is 29.4. The van der Waals surface area contributed by atoms with Crippen LogP contribution < -0.4 is 5.73 Å². The highest BCUT2D eigenvalue weighted by molar-refractivity contribution is 7.99. The van der Waals surface area contributed by atoms with Crippen LogP contribution in [0.2, 0.25) is 0 Å². The summed E-state index contributed by atoms with van der Waals surface area (Å²) in [6.45, 7) is 3.86. The number of nitrogen functional groups attached to an aromatic ring is 1. The van der Waals surface area contributed by atoms with Gasteiger partial charge in [0.1, 0.15) is 16.5 Å². The van der Waals surface area contributed by atoms with Gasteiger partial charge in [-0.3, -0.25) is 0 Å². The Morgan fingerprint density at radius 3 is 2.70 bits per heavy atom. The maximum atomic E-state index is 14.1. The van der Waals surface area contributed by atoms with Crippen LogP contribution in [0.25, 0.3) is 22.4 Å². The second kappa shape index (κ2) is 5.77. The Kier molecular flexibility index (Phi) is 3.93. The molecule has 0 fully saturated rings. The molecule has 3 rings (SSSR count). The highest BCUT2D eigenvalue weighted by Gasteiger charge is 2.18. The second-order valence-electron chi connectivity index (χ2n) is 5.40. The summed E-state index contributed by atoms with van der Waals surface area (Å²) in [6.07, 6.45) is 2.87. The molecule has 0 aromatic carbocycles. The molecule has 0 unspecified atom stereocenters. The standard InChI is InChI=1S/C15H15F2N5S/c1-7(2)23-15-11(17)12(18)20-13(21-15)10-6-22(3)14-9(10)4-8(16)5-19-14/h4-7H,1-3H3,(H2,18,20,21). The maximum absolute atomic E-state index is 14.1. The molecule has 3 aromatic heterocycles. The number of rotatable bonds is 3. The van der Waals surface area contributed by atoms with E-state index in [0.717, 1.165) is 6.20 Å². The zero-order valence-electron chi connectivity index (χ0n) is 12.8. The van der Waals surface area contributed by atoms with E-state index in [1.807, 2.05) is 13.8 Å². The fraction of sp³-hybridized carbons (Fsp3) is 0.267. The zero-order chi connectivity index (χ0) is 16.7. The van der Waals surface area contributed by atoms with Gasteiger partial charge in [-0.15, -0.1) is 11.8 Å². The first-order chi connectivity index (χ1) is 10.9. The lowest BCUT2D eigenvalue weighted by Crippen LogP contribution is -2.04. The minimum Gasteiger partial charge on any atom is -0.381 e. The Morgan fingerprint density at radius 1 is 1.26 bits per heavy atom. The second-order valence-corrected chi connectivity index (χ2v) is 6.96. The molecule has 2 N–H and O–H groups in total. The quantitative estimate of drug-likeness (QED) is 0.587. The predicted molar refractivity (Wildman–Crippen MR) is 87.1 cm³/mol. The molecular weight excluding hydrogens is 320 g/mol. The summed E-state index contributed by atoms with van der Waals surface area (Å²) >= 11 is 1.26. The van der Waals surface area contributed by atoms with E-state index in [-0.39, 0.29) is 21.9 Å². The van der Waals surface area contributed by atoms with E-state index in [9.17, 15) is 8.78 Å². The van der Waals surface area contributed by atoms with Gasteiger partial charge in [-0.25, -0.2) is 19.3 Å². The molecule has 0 radical (unpaired) electrons. The summed E-state index contributed by atoms with van der Waals surface area (Å²) in [5.74, 6) is -1.06. The van der Waals surface area contributed by atoms with Crippen LogP contribution in [0, 0.1) is 11.6 Å². The van der Waals surface area contributed by atoms with E-state index in [0.29, 0.717) is 16.6 Å². The summed E-state index contributed by atoms with van der Waals surface area (Å²) in [5.41, 5.74) is 6.83. The molecule has 0 amide bonds. The van der Waals surface area contributed by atoms with Crippen molar-refractivity contribution in [2.24, 2.45) is 7.05 Å². The van der Waals surface area contributed by atoms with Crippen LogP contribution in [0.4, 0.5) is 14.6 Å². The molecule has 0 atom stereocenters. The van der Waals surface area contributed by atoms with Crippen molar-refractivity contribution < 1.29 is 8.78 Å². The summed E-state index contributed by atoms with van der Waals surface area (Å²) in [4.78, 5) is 12.3. The van der Waals surface area contributed by atoms with Gasteiger partial charge < -0.3 is 10.3 Å². The van der Waals surface area contributed by atoms with E-state index < -0.39 is 11.6 Å². The zero-order valence-corrected chi connectivity index (χ0v) is 13.7. The van der Waals surface area contributed by atoms with Crippen molar-refractivity contribution in [3.05, 3.63) is 30.1 Å². The van der Waals surface area contributed by atoms with Gasteiger partial charge in [0, 0.05) is 29.4 Å². The van der Waals surface area contributed by atoms with Crippen molar-refractivity contribution >= 4 is 28.6 Å². The number of thioether (sulfide) groups is 1. The first-order valence-electron chi connectivity index (χ1n) is 6.97. The lowest BCUT2D eigenvalue weighted by atomic mass is 10.2. The van der Waals surface area contributed by atoms with Crippen LogP contribution in [0.5, 0.6) is 0 Å². The number of hydrogen-bond donors (Lipinski definition) is 1. The molecule has 0 aliphatic heterocycles. The molecule has 0 spiro atoms. The van der Waals surface area contributed by atoms with E-state index in [4.69, 9.17) is 5.73 Å². The molecule has 3 aromatic rings. The number of anilines is 1. The van der Waals surface area contributed by atoms with Gasteiger partial charge >= 0.3 is 0 Å². The largest absolute Gasteiger partial charge is 0.381 e. The number of halogens is 2. The third-order valence-corrected chi connectivity index (χ3v) is 4.18. The van der Waals surface area contributed by atoms with Crippen molar-refractivity contribution in [3.8, 4) is 11.4 Å². The molecule has 0 aliphatic rings. The molecule has 0 saturated carbocycles. The van der Waals surface area contributed by atoms with Crippen molar-refractivity contribution in [2.75, 3.05) is 5.73 Å². The summed E-state index contributed by atoms with van der Waals surface area (Å²) in [6, 6.07) is 1.36.